The molecular weight excluding hydrogens is 324 g/mol. The van der Waals surface area contributed by atoms with Gasteiger partial charge in [-0.25, -0.2) is 0 Å². The first-order valence-electron chi connectivity index (χ1n) is 8.68. The molecule has 0 aromatic carbocycles. The number of nitrogens with zero attached hydrogens (tertiary/aromatic N) is 4. The van der Waals surface area contributed by atoms with Crippen LogP contribution in [0, 0.1) is 17.0 Å². The van der Waals surface area contributed by atoms with Gasteiger partial charge in [0.05, 0.1) is 23.6 Å². The molecule has 1 saturated heterocycles. The van der Waals surface area contributed by atoms with Crippen LogP contribution >= 0.6 is 0 Å². The van der Waals surface area contributed by atoms with Crippen molar-refractivity contribution in [1.82, 2.24) is 14.7 Å². The second-order valence-corrected chi connectivity index (χ2v) is 6.64. The Labute approximate surface area is 146 Å². The fourth-order valence-electron chi connectivity index (χ4n) is 3.43. The van der Waals surface area contributed by atoms with Gasteiger partial charge in [-0.15, -0.1) is 0 Å². The van der Waals surface area contributed by atoms with Gasteiger partial charge in [-0.3, -0.25) is 19.7 Å². The molecule has 1 N–H and O–H groups in total. The van der Waals surface area contributed by atoms with Gasteiger partial charge >= 0.3 is 5.69 Å². The Kier molecular flexibility index (Phi) is 5.50. The number of aryl methyl sites for hydroxylation is 1. The second-order valence-electron chi connectivity index (χ2n) is 6.64. The Morgan fingerprint density at radius 2 is 2.24 bits per heavy atom. The molecule has 8 heteroatoms. The van der Waals surface area contributed by atoms with E-state index < -0.39 is 11.0 Å². The molecule has 136 valence electrons. The first-order valence-corrected chi connectivity index (χ1v) is 8.68. The van der Waals surface area contributed by atoms with Crippen molar-refractivity contribution in [1.29, 1.82) is 0 Å². The smallest absolute Gasteiger partial charge is 0.306 e. The van der Waals surface area contributed by atoms with E-state index in [2.05, 4.69) is 10.00 Å². The van der Waals surface area contributed by atoms with E-state index in [1.807, 2.05) is 19.1 Å². The average molecular weight is 348 g/mol. The van der Waals surface area contributed by atoms with E-state index in [1.165, 1.54) is 23.5 Å². The lowest BCUT2D eigenvalue weighted by Gasteiger charge is -2.30. The summed E-state index contributed by atoms with van der Waals surface area (Å²) in [6.45, 7) is 3.55. The summed E-state index contributed by atoms with van der Waals surface area (Å²) in [6, 6.07) is 4.15. The molecule has 8 nitrogen and oxygen atoms in total. The summed E-state index contributed by atoms with van der Waals surface area (Å²) in [4.78, 5) is 12.5. The summed E-state index contributed by atoms with van der Waals surface area (Å²) < 4.78 is 7.25. The highest BCUT2D eigenvalue weighted by Crippen LogP contribution is 2.31. The second kappa shape index (κ2) is 7.79. The van der Waals surface area contributed by atoms with Crippen molar-refractivity contribution in [2.45, 2.75) is 51.3 Å². The largest absolute Gasteiger partial charge is 0.465 e. The summed E-state index contributed by atoms with van der Waals surface area (Å²) in [7, 11) is 0. The maximum Gasteiger partial charge on any atom is 0.306 e. The third-order valence-corrected chi connectivity index (χ3v) is 4.63. The Bertz CT molecular complexity index is 711. The molecule has 2 atom stereocenters. The van der Waals surface area contributed by atoms with Crippen molar-refractivity contribution in [3.63, 3.8) is 0 Å². The predicted octanol–water partition coefficient (Wildman–Crippen LogP) is 2.67. The lowest BCUT2D eigenvalue weighted by atomic mass is 10.1. The maximum atomic E-state index is 10.7. The van der Waals surface area contributed by atoms with Gasteiger partial charge in [0.15, 0.2) is 0 Å². The standard InChI is InChI=1S/C17H24N4O4/c1-13-6-7-17(25-13)16-5-3-2-4-8-19(16)11-15(22)12-20-10-14(9-18-20)21(23)24/h6-7,9-10,15-16,22H,2-5,8,11-12H2,1H3/t15-,16-/m1/s1. The zero-order valence-electron chi connectivity index (χ0n) is 14.4. The molecule has 2 aromatic heterocycles. The van der Waals surface area contributed by atoms with Crippen LogP contribution in [-0.2, 0) is 6.54 Å². The molecule has 0 radical (unpaired) electrons. The number of β-amino-alcohol motifs (C(OH)–C–C–N with tert-alkyl or cyclic N) is 1. The minimum Gasteiger partial charge on any atom is -0.465 e. The van der Waals surface area contributed by atoms with Crippen LogP contribution in [0.4, 0.5) is 5.69 Å². The minimum atomic E-state index is -0.656. The van der Waals surface area contributed by atoms with Crippen molar-refractivity contribution in [3.05, 3.63) is 46.2 Å². The van der Waals surface area contributed by atoms with E-state index in [0.29, 0.717) is 6.54 Å². The molecule has 25 heavy (non-hydrogen) atoms. The van der Waals surface area contributed by atoms with E-state index in [-0.39, 0.29) is 18.3 Å². The van der Waals surface area contributed by atoms with Crippen molar-refractivity contribution < 1.29 is 14.4 Å². The zero-order chi connectivity index (χ0) is 17.8. The Balaban J connectivity index is 1.65. The summed E-state index contributed by atoms with van der Waals surface area (Å²) in [5.74, 6) is 1.84. The van der Waals surface area contributed by atoms with Gasteiger partial charge in [0.2, 0.25) is 0 Å². The van der Waals surface area contributed by atoms with Crippen LogP contribution in [0.1, 0.15) is 43.2 Å². The molecule has 0 saturated carbocycles. The lowest BCUT2D eigenvalue weighted by Crippen LogP contribution is -2.37. The van der Waals surface area contributed by atoms with Gasteiger partial charge in [-0.2, -0.15) is 5.10 Å². The van der Waals surface area contributed by atoms with Crippen molar-refractivity contribution in [2.24, 2.45) is 0 Å². The molecule has 3 heterocycles. The predicted molar refractivity (Wildman–Crippen MR) is 91.1 cm³/mol. The maximum absolute atomic E-state index is 10.7. The van der Waals surface area contributed by atoms with Crippen LogP contribution in [-0.4, -0.2) is 43.9 Å². The van der Waals surface area contributed by atoms with E-state index in [4.69, 9.17) is 4.42 Å². The topological polar surface area (TPSA) is 97.6 Å². The van der Waals surface area contributed by atoms with Crippen LogP contribution in [0.5, 0.6) is 0 Å². The number of furan rings is 1. The molecule has 0 spiro atoms. The quantitative estimate of drug-likeness (QED) is 0.637. The Morgan fingerprint density at radius 3 is 2.92 bits per heavy atom. The normalized spacial score (nSPS) is 20.3. The number of rotatable bonds is 6. The van der Waals surface area contributed by atoms with Gasteiger partial charge in [0.1, 0.15) is 23.9 Å². The lowest BCUT2D eigenvalue weighted by molar-refractivity contribution is -0.385. The summed E-state index contributed by atoms with van der Waals surface area (Å²) in [5, 5.41) is 25.1. The summed E-state index contributed by atoms with van der Waals surface area (Å²) >= 11 is 0. The van der Waals surface area contributed by atoms with Crippen molar-refractivity contribution in [3.8, 4) is 0 Å². The number of aliphatic hydroxyl groups is 1. The minimum absolute atomic E-state index is 0.0640. The average Bonchev–Trinajstić information content (AvgIpc) is 3.13. The number of hydrogen-bond donors (Lipinski definition) is 1. The fraction of sp³-hybridized carbons (Fsp3) is 0.588. The van der Waals surface area contributed by atoms with Gasteiger partial charge < -0.3 is 9.52 Å². The molecule has 1 aliphatic heterocycles. The molecular formula is C17H24N4O4. The van der Waals surface area contributed by atoms with Gasteiger partial charge in [-0.1, -0.05) is 12.8 Å². The highest BCUT2D eigenvalue weighted by Gasteiger charge is 2.27. The molecule has 1 aliphatic rings. The fourth-order valence-corrected chi connectivity index (χ4v) is 3.43. The number of likely N-dealkylation sites (tertiary alicyclic amines) is 1. The molecule has 0 amide bonds. The third kappa shape index (κ3) is 4.46. The first kappa shape index (κ1) is 17.6. The van der Waals surface area contributed by atoms with Crippen LogP contribution < -0.4 is 0 Å². The van der Waals surface area contributed by atoms with E-state index in [1.54, 1.807) is 0 Å². The van der Waals surface area contributed by atoms with Gasteiger partial charge in [0.25, 0.3) is 0 Å². The monoisotopic (exact) mass is 348 g/mol. The Morgan fingerprint density at radius 1 is 1.40 bits per heavy atom. The van der Waals surface area contributed by atoms with Crippen molar-refractivity contribution >= 4 is 5.69 Å². The summed E-state index contributed by atoms with van der Waals surface area (Å²) in [5.41, 5.74) is -0.0640. The number of hydrogen-bond acceptors (Lipinski definition) is 6. The first-order chi connectivity index (χ1) is 12.0. The SMILES string of the molecule is Cc1ccc([C@H]2CCCCCN2C[C@@H](O)Cn2cc([N+](=O)[O-])cn2)o1. The highest BCUT2D eigenvalue weighted by molar-refractivity contribution is 5.20. The number of aliphatic hydroxyl groups excluding tert-OH is 1. The van der Waals surface area contributed by atoms with Gasteiger partial charge in [0, 0.05) is 6.54 Å². The van der Waals surface area contributed by atoms with Crippen molar-refractivity contribution in [2.75, 3.05) is 13.1 Å². The van der Waals surface area contributed by atoms with Crippen LogP contribution in [0.3, 0.4) is 0 Å². The molecule has 3 rings (SSSR count). The third-order valence-electron chi connectivity index (χ3n) is 4.63. The highest BCUT2D eigenvalue weighted by atomic mass is 16.6. The number of nitro groups is 1. The molecule has 2 aromatic rings. The van der Waals surface area contributed by atoms with Gasteiger partial charge in [-0.05, 0) is 38.4 Å². The van der Waals surface area contributed by atoms with E-state index >= 15 is 0 Å². The van der Waals surface area contributed by atoms with Crippen LogP contribution in [0.2, 0.25) is 0 Å². The molecule has 0 bridgehead atoms. The van der Waals surface area contributed by atoms with Crippen LogP contribution in [0.25, 0.3) is 0 Å². The zero-order valence-corrected chi connectivity index (χ0v) is 14.4. The number of aromatic nitrogens is 2. The Hall–Kier alpha value is -2.19. The van der Waals surface area contributed by atoms with E-state index in [0.717, 1.165) is 37.3 Å². The molecule has 1 fully saturated rings. The summed E-state index contributed by atoms with van der Waals surface area (Å²) in [6.07, 6.45) is 6.31. The van der Waals surface area contributed by atoms with Crippen LogP contribution in [0.15, 0.2) is 28.9 Å². The molecule has 0 aliphatic carbocycles. The van der Waals surface area contributed by atoms with E-state index in [9.17, 15) is 15.2 Å². The molecule has 0 unspecified atom stereocenters.